The molecule has 0 saturated carbocycles. The molecule has 2 aromatic heterocycles. The monoisotopic (exact) mass is 316 g/mol. The van der Waals surface area contributed by atoms with Crippen LogP contribution in [0.4, 0.5) is 5.69 Å². The Morgan fingerprint density at radius 2 is 2.23 bits per heavy atom. The molecule has 0 saturated heterocycles. The zero-order valence-corrected chi connectivity index (χ0v) is 13.1. The van der Waals surface area contributed by atoms with E-state index in [0.29, 0.717) is 16.9 Å². The van der Waals surface area contributed by atoms with Gasteiger partial charge in [-0.3, -0.25) is 0 Å². The SMILES string of the molecule is CC(C)CNc1cccc(Oc2ncc(-c3ncon3)s2)c1. The van der Waals surface area contributed by atoms with Crippen LogP contribution in [0.25, 0.3) is 10.7 Å². The first-order valence-corrected chi connectivity index (χ1v) is 7.77. The molecule has 0 bridgehead atoms. The average molecular weight is 316 g/mol. The molecule has 114 valence electrons. The highest BCUT2D eigenvalue weighted by atomic mass is 32.1. The minimum absolute atomic E-state index is 0.514. The third-order valence-corrected chi connectivity index (χ3v) is 3.69. The van der Waals surface area contributed by atoms with Crippen molar-refractivity contribution in [3.8, 4) is 21.6 Å². The maximum Gasteiger partial charge on any atom is 0.279 e. The molecule has 0 atom stereocenters. The van der Waals surface area contributed by atoms with E-state index in [9.17, 15) is 0 Å². The normalized spacial score (nSPS) is 10.9. The highest BCUT2D eigenvalue weighted by Gasteiger charge is 2.10. The summed E-state index contributed by atoms with van der Waals surface area (Å²) in [6.45, 7) is 5.26. The summed E-state index contributed by atoms with van der Waals surface area (Å²) in [5.41, 5.74) is 1.03. The number of nitrogens with one attached hydrogen (secondary N) is 1. The van der Waals surface area contributed by atoms with Crippen LogP contribution in [0, 0.1) is 5.92 Å². The lowest BCUT2D eigenvalue weighted by molar-refractivity contribution is 0.419. The number of benzene rings is 1. The van der Waals surface area contributed by atoms with Gasteiger partial charge in [-0.2, -0.15) is 4.98 Å². The van der Waals surface area contributed by atoms with E-state index in [4.69, 9.17) is 9.26 Å². The summed E-state index contributed by atoms with van der Waals surface area (Å²) < 4.78 is 10.5. The maximum atomic E-state index is 5.79. The third kappa shape index (κ3) is 3.62. The molecule has 3 aromatic rings. The van der Waals surface area contributed by atoms with Crippen LogP contribution in [-0.4, -0.2) is 21.7 Å². The Morgan fingerprint density at radius 3 is 3.00 bits per heavy atom. The molecule has 7 heteroatoms. The van der Waals surface area contributed by atoms with Crippen molar-refractivity contribution in [1.82, 2.24) is 15.1 Å². The van der Waals surface area contributed by atoms with Gasteiger partial charge < -0.3 is 14.6 Å². The molecule has 0 amide bonds. The zero-order valence-electron chi connectivity index (χ0n) is 12.3. The molecule has 0 radical (unpaired) electrons. The summed E-state index contributed by atoms with van der Waals surface area (Å²) in [6, 6.07) is 7.82. The van der Waals surface area contributed by atoms with Gasteiger partial charge >= 0.3 is 0 Å². The van der Waals surface area contributed by atoms with Crippen LogP contribution >= 0.6 is 11.3 Å². The molecule has 2 heterocycles. The lowest BCUT2D eigenvalue weighted by Crippen LogP contribution is -2.07. The summed E-state index contributed by atoms with van der Waals surface area (Å²) in [5, 5.41) is 7.69. The summed E-state index contributed by atoms with van der Waals surface area (Å²) in [7, 11) is 0. The van der Waals surface area contributed by atoms with Gasteiger partial charge in [0, 0.05) is 18.3 Å². The lowest BCUT2D eigenvalue weighted by Gasteiger charge is -2.10. The topological polar surface area (TPSA) is 73.1 Å². The van der Waals surface area contributed by atoms with Gasteiger partial charge in [0.25, 0.3) is 5.19 Å². The van der Waals surface area contributed by atoms with Gasteiger partial charge in [-0.15, -0.1) is 0 Å². The molecule has 0 unspecified atom stereocenters. The number of hydrogen-bond donors (Lipinski definition) is 1. The fourth-order valence-electron chi connectivity index (χ4n) is 1.78. The fraction of sp³-hybridized carbons (Fsp3) is 0.267. The van der Waals surface area contributed by atoms with Crippen molar-refractivity contribution in [2.45, 2.75) is 13.8 Å². The Kier molecular flexibility index (Phi) is 4.34. The van der Waals surface area contributed by atoms with Crippen LogP contribution < -0.4 is 10.1 Å². The molecule has 0 aliphatic carbocycles. The van der Waals surface area contributed by atoms with Crippen LogP contribution in [0.15, 0.2) is 41.4 Å². The first kappa shape index (κ1) is 14.5. The predicted molar refractivity (Wildman–Crippen MR) is 85.2 cm³/mol. The molecule has 22 heavy (non-hydrogen) atoms. The molecule has 6 nitrogen and oxygen atoms in total. The second-order valence-corrected chi connectivity index (χ2v) is 6.14. The van der Waals surface area contributed by atoms with Gasteiger partial charge in [0.15, 0.2) is 0 Å². The zero-order chi connectivity index (χ0) is 15.4. The summed E-state index contributed by atoms with van der Waals surface area (Å²) in [4.78, 5) is 9.02. The van der Waals surface area contributed by atoms with E-state index in [-0.39, 0.29) is 0 Å². The average Bonchev–Trinajstić information content (AvgIpc) is 3.16. The summed E-state index contributed by atoms with van der Waals surface area (Å²) >= 11 is 1.37. The van der Waals surface area contributed by atoms with Gasteiger partial charge in [0.2, 0.25) is 12.2 Å². The molecule has 0 aliphatic heterocycles. The van der Waals surface area contributed by atoms with E-state index in [1.165, 1.54) is 17.7 Å². The van der Waals surface area contributed by atoms with Gasteiger partial charge in [-0.1, -0.05) is 36.4 Å². The van der Waals surface area contributed by atoms with Gasteiger partial charge in [0.05, 0.1) is 11.1 Å². The van der Waals surface area contributed by atoms with Crippen molar-refractivity contribution in [1.29, 1.82) is 0 Å². The Hall–Kier alpha value is -2.41. The number of rotatable bonds is 6. The Morgan fingerprint density at radius 1 is 1.32 bits per heavy atom. The van der Waals surface area contributed by atoms with Crippen molar-refractivity contribution >= 4 is 17.0 Å². The van der Waals surface area contributed by atoms with Crippen molar-refractivity contribution in [3.63, 3.8) is 0 Å². The molecular weight excluding hydrogens is 300 g/mol. The van der Waals surface area contributed by atoms with Crippen LogP contribution in [0.5, 0.6) is 10.9 Å². The van der Waals surface area contributed by atoms with Crippen LogP contribution in [0.2, 0.25) is 0 Å². The lowest BCUT2D eigenvalue weighted by atomic mass is 10.2. The van der Waals surface area contributed by atoms with E-state index >= 15 is 0 Å². The molecule has 3 rings (SSSR count). The van der Waals surface area contributed by atoms with Gasteiger partial charge in [-0.05, 0) is 18.1 Å². The highest BCUT2D eigenvalue weighted by molar-refractivity contribution is 7.16. The van der Waals surface area contributed by atoms with Crippen LogP contribution in [0.1, 0.15) is 13.8 Å². The van der Waals surface area contributed by atoms with Crippen LogP contribution in [0.3, 0.4) is 0 Å². The quantitative estimate of drug-likeness (QED) is 0.739. The van der Waals surface area contributed by atoms with Gasteiger partial charge in [-0.25, -0.2) is 4.98 Å². The first-order chi connectivity index (χ1) is 10.7. The predicted octanol–water partition coefficient (Wildman–Crippen LogP) is 4.05. The van der Waals surface area contributed by atoms with E-state index in [1.54, 1.807) is 6.20 Å². The van der Waals surface area contributed by atoms with Gasteiger partial charge in [0.1, 0.15) is 5.75 Å². The van der Waals surface area contributed by atoms with Crippen LogP contribution in [-0.2, 0) is 0 Å². The van der Waals surface area contributed by atoms with Crippen molar-refractivity contribution < 1.29 is 9.26 Å². The molecule has 1 N–H and O–H groups in total. The van der Waals surface area contributed by atoms with E-state index in [1.807, 2.05) is 24.3 Å². The molecule has 0 fully saturated rings. The number of anilines is 1. The largest absolute Gasteiger partial charge is 0.431 e. The summed E-state index contributed by atoms with van der Waals surface area (Å²) in [6.07, 6.45) is 2.96. The Bertz CT molecular complexity index is 725. The van der Waals surface area contributed by atoms with Crippen molar-refractivity contribution in [2.75, 3.05) is 11.9 Å². The fourth-order valence-corrected chi connectivity index (χ4v) is 2.50. The second kappa shape index (κ2) is 6.57. The summed E-state index contributed by atoms with van der Waals surface area (Å²) in [5.74, 6) is 1.84. The minimum atomic E-state index is 0.514. The smallest absolute Gasteiger partial charge is 0.279 e. The van der Waals surface area contributed by atoms with E-state index < -0.39 is 0 Å². The number of ether oxygens (including phenoxy) is 1. The molecule has 0 spiro atoms. The van der Waals surface area contributed by atoms with E-state index in [2.05, 4.69) is 34.3 Å². The molecule has 1 aromatic carbocycles. The minimum Gasteiger partial charge on any atom is -0.431 e. The molecular formula is C15H16N4O2S. The highest BCUT2D eigenvalue weighted by Crippen LogP contribution is 2.32. The number of thiazole rings is 1. The standard InChI is InChI=1S/C15H16N4O2S/c1-10(2)7-16-11-4-3-5-12(6-11)21-15-17-8-13(22-15)14-18-9-20-19-14/h3-6,8-10,16H,7H2,1-2H3. The Balaban J connectivity index is 1.69. The number of nitrogens with zero attached hydrogens (tertiary/aromatic N) is 3. The van der Waals surface area contributed by atoms with Crippen molar-refractivity contribution in [3.05, 3.63) is 36.9 Å². The first-order valence-electron chi connectivity index (χ1n) is 6.95. The van der Waals surface area contributed by atoms with E-state index in [0.717, 1.165) is 22.9 Å². The second-order valence-electron chi connectivity index (χ2n) is 5.15. The Labute approximate surface area is 132 Å². The number of aromatic nitrogens is 3. The third-order valence-electron chi connectivity index (χ3n) is 2.82. The maximum absolute atomic E-state index is 5.79. The number of hydrogen-bond acceptors (Lipinski definition) is 7. The molecule has 0 aliphatic rings. The van der Waals surface area contributed by atoms with Crippen molar-refractivity contribution in [2.24, 2.45) is 5.92 Å².